The molecular formula is C30H21ClF2N6O5. The summed E-state index contributed by atoms with van der Waals surface area (Å²) in [5.74, 6) is -5.42. The van der Waals surface area contributed by atoms with Crippen LogP contribution in [0.25, 0.3) is 5.65 Å². The number of rotatable bonds is 9. The summed E-state index contributed by atoms with van der Waals surface area (Å²) in [7, 11) is 0. The van der Waals surface area contributed by atoms with E-state index in [0.29, 0.717) is 11.3 Å². The number of amides is 3. The fraction of sp³-hybridized carbons (Fsp3) is 0.0667. The van der Waals surface area contributed by atoms with E-state index in [1.807, 2.05) is 0 Å². The van der Waals surface area contributed by atoms with Crippen LogP contribution in [0.3, 0.4) is 0 Å². The van der Waals surface area contributed by atoms with E-state index in [0.717, 1.165) is 33.3 Å². The molecule has 3 aromatic carbocycles. The van der Waals surface area contributed by atoms with E-state index < -0.39 is 35.3 Å². The average molecular weight is 619 g/mol. The first kappa shape index (κ1) is 29.8. The van der Waals surface area contributed by atoms with E-state index in [4.69, 9.17) is 16.9 Å². The number of hydrogen-bond acceptors (Lipinski definition) is 6. The van der Waals surface area contributed by atoms with Crippen molar-refractivity contribution in [2.24, 2.45) is 0 Å². The Bertz CT molecular complexity index is 1900. The number of fused-ring (bicyclic) bond motifs is 1. The van der Waals surface area contributed by atoms with Gasteiger partial charge in [-0.15, -0.1) is 0 Å². The van der Waals surface area contributed by atoms with Crippen molar-refractivity contribution < 1.29 is 33.1 Å². The van der Waals surface area contributed by atoms with Crippen LogP contribution in [-0.4, -0.2) is 43.4 Å². The molecule has 3 N–H and O–H groups in total. The molecule has 0 unspecified atom stereocenters. The maximum absolute atomic E-state index is 13.6. The van der Waals surface area contributed by atoms with E-state index in [-0.39, 0.29) is 46.8 Å². The van der Waals surface area contributed by atoms with Gasteiger partial charge in [-0.05, 0) is 47.5 Å². The predicted molar refractivity (Wildman–Crippen MR) is 154 cm³/mol. The molecule has 0 fully saturated rings. The zero-order chi connectivity index (χ0) is 31.4. The molecule has 14 heteroatoms. The number of carbonyl (C=O) groups is 4. The van der Waals surface area contributed by atoms with Crippen molar-refractivity contribution in [3.05, 3.63) is 130 Å². The van der Waals surface area contributed by atoms with E-state index in [1.54, 1.807) is 30.3 Å². The van der Waals surface area contributed by atoms with Crippen LogP contribution in [0.15, 0.2) is 85.1 Å². The van der Waals surface area contributed by atoms with Crippen LogP contribution in [0.2, 0.25) is 0 Å². The van der Waals surface area contributed by atoms with Crippen molar-refractivity contribution >= 4 is 46.8 Å². The van der Waals surface area contributed by atoms with Crippen LogP contribution in [0.1, 0.15) is 52.8 Å². The van der Waals surface area contributed by atoms with Crippen LogP contribution < -0.4 is 15.1 Å². The molecular weight excluding hydrogens is 598 g/mol. The highest BCUT2D eigenvalue weighted by Crippen LogP contribution is 2.22. The average Bonchev–Trinajstić information content (AvgIpc) is 3.47. The molecule has 44 heavy (non-hydrogen) atoms. The summed E-state index contributed by atoms with van der Waals surface area (Å²) in [4.78, 5) is 55.2. The number of hydrogen-bond donors (Lipinski definition) is 3. The molecule has 0 saturated heterocycles. The van der Waals surface area contributed by atoms with Crippen molar-refractivity contribution in [2.45, 2.75) is 13.1 Å². The largest absolute Gasteiger partial charge is 0.478 e. The number of nitrogens with zero attached hydrogens (tertiary/aromatic N) is 4. The van der Waals surface area contributed by atoms with Gasteiger partial charge in [0.2, 0.25) is 0 Å². The van der Waals surface area contributed by atoms with Gasteiger partial charge in [-0.1, -0.05) is 36.4 Å². The lowest BCUT2D eigenvalue weighted by atomic mass is 10.1. The zero-order valence-corrected chi connectivity index (χ0v) is 23.3. The summed E-state index contributed by atoms with van der Waals surface area (Å²) in [5.41, 5.74) is 0.603. The van der Waals surface area contributed by atoms with E-state index in [2.05, 4.69) is 20.7 Å². The van der Waals surface area contributed by atoms with Crippen molar-refractivity contribution in [2.75, 3.05) is 4.42 Å². The monoisotopic (exact) mass is 618 g/mol. The van der Waals surface area contributed by atoms with Gasteiger partial charge < -0.3 is 15.7 Å². The smallest absolute Gasteiger partial charge is 0.335 e. The molecule has 11 nitrogen and oxygen atoms in total. The number of benzene rings is 3. The predicted octanol–water partition coefficient (Wildman–Crippen LogP) is 4.37. The van der Waals surface area contributed by atoms with Gasteiger partial charge in [0.15, 0.2) is 17.3 Å². The minimum atomic E-state index is -1.10. The van der Waals surface area contributed by atoms with Crippen molar-refractivity contribution in [1.82, 2.24) is 25.2 Å². The van der Waals surface area contributed by atoms with Crippen molar-refractivity contribution in [3.8, 4) is 0 Å². The van der Waals surface area contributed by atoms with Gasteiger partial charge >= 0.3 is 5.97 Å². The van der Waals surface area contributed by atoms with Crippen LogP contribution >= 0.6 is 11.8 Å². The first-order valence-corrected chi connectivity index (χ1v) is 13.2. The van der Waals surface area contributed by atoms with Gasteiger partial charge in [0.05, 0.1) is 17.4 Å². The Balaban J connectivity index is 1.47. The van der Waals surface area contributed by atoms with Crippen LogP contribution in [0.5, 0.6) is 0 Å². The third-order valence-electron chi connectivity index (χ3n) is 6.42. The summed E-state index contributed by atoms with van der Waals surface area (Å²) >= 11 is 6.31. The third-order valence-corrected chi connectivity index (χ3v) is 6.77. The Labute approximate surface area is 252 Å². The van der Waals surface area contributed by atoms with Gasteiger partial charge in [-0.2, -0.15) is 5.10 Å². The van der Waals surface area contributed by atoms with Gasteiger partial charge in [-0.3, -0.25) is 14.4 Å². The standard InChI is InChI=1S/C30H21ClF2N6O5/c31-38(20-4-2-1-3-5-20)29(42)21-16-36-39-25(28(41)35-14-17-6-9-19(10-7-17)30(43)44)13-24(37-26(21)39)27(40)34-15-18-8-11-22(32)23(33)12-18/h1-13,16H,14-15H2,(H,34,40)(H,35,41)(H,43,44). The summed E-state index contributed by atoms with van der Waals surface area (Å²) in [6, 6.07) is 18.5. The summed E-state index contributed by atoms with van der Waals surface area (Å²) in [6.07, 6.45) is 1.16. The van der Waals surface area contributed by atoms with E-state index in [1.165, 1.54) is 30.3 Å². The number of para-hydroxylation sites is 1. The Hall–Kier alpha value is -5.69. The minimum absolute atomic E-state index is 0.00324. The number of aromatic carboxylic acids is 1. The molecule has 5 rings (SSSR count). The number of anilines is 1. The van der Waals surface area contributed by atoms with Gasteiger partial charge in [0.25, 0.3) is 17.7 Å². The molecule has 2 heterocycles. The highest BCUT2D eigenvalue weighted by Gasteiger charge is 2.25. The highest BCUT2D eigenvalue weighted by atomic mass is 35.5. The Kier molecular flexibility index (Phi) is 8.58. The summed E-state index contributed by atoms with van der Waals surface area (Å²) < 4.78 is 28.9. The lowest BCUT2D eigenvalue weighted by Gasteiger charge is -2.13. The number of carboxylic acids is 1. The lowest BCUT2D eigenvalue weighted by Crippen LogP contribution is -2.29. The second-order valence-corrected chi connectivity index (χ2v) is 9.70. The van der Waals surface area contributed by atoms with Crippen molar-refractivity contribution in [1.29, 1.82) is 0 Å². The molecule has 0 aliphatic rings. The van der Waals surface area contributed by atoms with Gasteiger partial charge in [0.1, 0.15) is 17.0 Å². The highest BCUT2D eigenvalue weighted by molar-refractivity contribution is 6.39. The van der Waals surface area contributed by atoms with Gasteiger partial charge in [-0.25, -0.2) is 27.5 Å². The topological polar surface area (TPSA) is 146 Å². The molecule has 3 amide bonds. The van der Waals surface area contributed by atoms with E-state index in [9.17, 15) is 28.0 Å². The Morgan fingerprint density at radius 1 is 0.841 bits per heavy atom. The molecule has 0 radical (unpaired) electrons. The summed E-state index contributed by atoms with van der Waals surface area (Å²) in [6.45, 7) is -0.192. The first-order valence-electron chi connectivity index (χ1n) is 12.9. The molecule has 5 aromatic rings. The minimum Gasteiger partial charge on any atom is -0.478 e. The maximum Gasteiger partial charge on any atom is 0.335 e. The number of halogens is 3. The number of carboxylic acid groups (broad SMARTS) is 1. The van der Waals surface area contributed by atoms with Crippen LogP contribution in [0, 0.1) is 11.6 Å². The molecule has 2 aromatic heterocycles. The molecule has 0 bridgehead atoms. The fourth-order valence-corrected chi connectivity index (χ4v) is 4.34. The number of carbonyl (C=O) groups excluding carboxylic acids is 3. The number of aromatic nitrogens is 3. The summed E-state index contributed by atoms with van der Waals surface area (Å²) in [5, 5.41) is 18.4. The maximum atomic E-state index is 13.6. The third kappa shape index (κ3) is 6.37. The second kappa shape index (κ2) is 12.7. The second-order valence-electron chi connectivity index (χ2n) is 9.36. The SMILES string of the molecule is O=C(O)c1ccc(CNC(=O)c2cc(C(=O)NCc3ccc(F)c(F)c3)nc3c(C(=O)N(Cl)c4ccccc4)cnn23)cc1. The quantitative estimate of drug-likeness (QED) is 0.208. The first-order chi connectivity index (χ1) is 21.1. The number of nitrogens with one attached hydrogen (secondary N) is 2. The molecule has 0 atom stereocenters. The van der Waals surface area contributed by atoms with Crippen LogP contribution in [0.4, 0.5) is 14.5 Å². The molecule has 0 aliphatic carbocycles. The van der Waals surface area contributed by atoms with Crippen molar-refractivity contribution in [3.63, 3.8) is 0 Å². The molecule has 222 valence electrons. The molecule has 0 spiro atoms. The lowest BCUT2D eigenvalue weighted by molar-refractivity contribution is 0.0696. The normalized spacial score (nSPS) is 10.8. The Morgan fingerprint density at radius 3 is 2.18 bits per heavy atom. The Morgan fingerprint density at radius 2 is 1.50 bits per heavy atom. The van der Waals surface area contributed by atoms with E-state index >= 15 is 0 Å². The van der Waals surface area contributed by atoms with Crippen LogP contribution in [-0.2, 0) is 13.1 Å². The fourth-order valence-electron chi connectivity index (χ4n) is 4.13. The molecule has 0 aliphatic heterocycles. The van der Waals surface area contributed by atoms with Gasteiger partial charge in [0, 0.05) is 30.9 Å². The zero-order valence-electron chi connectivity index (χ0n) is 22.5. The molecule has 0 saturated carbocycles.